The summed E-state index contributed by atoms with van der Waals surface area (Å²) in [4.78, 5) is 4.26. The number of benzene rings is 1. The van der Waals surface area contributed by atoms with Gasteiger partial charge in [-0.2, -0.15) is 0 Å². The van der Waals surface area contributed by atoms with Crippen molar-refractivity contribution in [1.82, 2.24) is 4.98 Å². The highest BCUT2D eigenvalue weighted by molar-refractivity contribution is 7.16. The maximum Gasteiger partial charge on any atom is 0.192 e. The van der Waals surface area contributed by atoms with Crippen LogP contribution in [-0.2, 0) is 4.43 Å². The molecule has 1 unspecified atom stereocenters. The summed E-state index contributed by atoms with van der Waals surface area (Å²) in [6.45, 7) is 10.8. The number of aromatic nitrogens is 1. The Morgan fingerprint density at radius 3 is 2.73 bits per heavy atom. The average Bonchev–Trinajstić information content (AvgIpc) is 2.89. The lowest BCUT2D eigenvalue weighted by Crippen LogP contribution is -2.46. The molecule has 0 fully saturated rings. The molecule has 1 aromatic heterocycles. The van der Waals surface area contributed by atoms with Gasteiger partial charge in [0, 0.05) is 12.2 Å². The summed E-state index contributed by atoms with van der Waals surface area (Å²) in [6.07, 6.45) is -0.405. The number of nitrogens with one attached hydrogen (secondary N) is 1. The Morgan fingerprint density at radius 1 is 1.36 bits per heavy atom. The highest BCUT2D eigenvalue weighted by atomic mass is 32.1. The summed E-state index contributed by atoms with van der Waals surface area (Å²) in [6, 6.07) is 6.01. The molecule has 2 aromatic rings. The zero-order valence-electron chi connectivity index (χ0n) is 13.9. The van der Waals surface area contributed by atoms with Gasteiger partial charge >= 0.3 is 0 Å². The average molecular weight is 341 g/mol. The molecule has 122 valence electrons. The molecule has 0 spiro atoms. The summed E-state index contributed by atoms with van der Waals surface area (Å²) < 4.78 is 20.6. The van der Waals surface area contributed by atoms with Crippen LogP contribution in [0.3, 0.4) is 0 Å². The van der Waals surface area contributed by atoms with Crippen molar-refractivity contribution in [3.8, 4) is 0 Å². The first-order chi connectivity index (χ1) is 10.2. The molecular formula is C16H25FN2OSSi. The Morgan fingerprint density at radius 2 is 2.09 bits per heavy atom. The normalized spacial score (nSPS) is 14.3. The van der Waals surface area contributed by atoms with Crippen molar-refractivity contribution in [3.63, 3.8) is 0 Å². The molecular weight excluding hydrogens is 315 g/mol. The number of anilines is 1. The molecule has 0 bridgehead atoms. The van der Waals surface area contributed by atoms with Gasteiger partial charge < -0.3 is 9.74 Å². The molecule has 0 amide bonds. The van der Waals surface area contributed by atoms with Gasteiger partial charge in [-0.3, -0.25) is 0 Å². The van der Waals surface area contributed by atoms with E-state index in [1.165, 1.54) is 0 Å². The molecule has 0 aliphatic heterocycles. The van der Waals surface area contributed by atoms with E-state index < -0.39 is 21.1 Å². The molecule has 1 heterocycles. The van der Waals surface area contributed by atoms with Crippen LogP contribution in [0.15, 0.2) is 23.7 Å². The Labute approximate surface area is 137 Å². The number of halogens is 1. The maximum atomic E-state index is 13.3. The lowest BCUT2D eigenvalue weighted by atomic mass is 10.2. The molecule has 6 heteroatoms. The Bertz CT molecular complexity index is 624. The highest BCUT2D eigenvalue weighted by Crippen LogP contribution is 2.37. The highest BCUT2D eigenvalue weighted by Gasteiger charge is 2.39. The Kier molecular flexibility index (Phi) is 5.24. The summed E-state index contributed by atoms with van der Waals surface area (Å²) >= 11 is 1.61. The van der Waals surface area contributed by atoms with Gasteiger partial charge in [-0.25, -0.2) is 9.37 Å². The van der Waals surface area contributed by atoms with E-state index in [-0.39, 0.29) is 5.04 Å². The van der Waals surface area contributed by atoms with Gasteiger partial charge in [0.25, 0.3) is 0 Å². The third-order valence-corrected chi connectivity index (χ3v) is 9.63. The summed E-state index contributed by atoms with van der Waals surface area (Å²) in [5.74, 6) is 0. The molecule has 1 N–H and O–H groups in total. The van der Waals surface area contributed by atoms with Crippen molar-refractivity contribution in [2.45, 2.75) is 45.0 Å². The molecule has 1 atom stereocenters. The smallest absolute Gasteiger partial charge is 0.192 e. The van der Waals surface area contributed by atoms with E-state index in [9.17, 15) is 4.39 Å². The van der Waals surface area contributed by atoms with E-state index >= 15 is 0 Å². The Hall–Kier alpha value is -0.983. The molecule has 0 radical (unpaired) electrons. The van der Waals surface area contributed by atoms with Gasteiger partial charge in [0.05, 0.1) is 21.8 Å². The van der Waals surface area contributed by atoms with Crippen LogP contribution in [0.5, 0.6) is 0 Å². The summed E-state index contributed by atoms with van der Waals surface area (Å²) in [5.41, 5.74) is 3.81. The van der Waals surface area contributed by atoms with Crippen molar-refractivity contribution >= 4 is 35.6 Å². The predicted molar refractivity (Wildman–Crippen MR) is 96.2 cm³/mol. The van der Waals surface area contributed by atoms with Crippen molar-refractivity contribution < 1.29 is 8.82 Å². The molecule has 3 nitrogen and oxygen atoms in total. The second-order valence-electron chi connectivity index (χ2n) is 7.07. The van der Waals surface area contributed by atoms with Gasteiger partial charge in [0.15, 0.2) is 8.32 Å². The van der Waals surface area contributed by atoms with Crippen LogP contribution in [0.2, 0.25) is 18.1 Å². The number of rotatable bonds is 6. The second-order valence-corrected chi connectivity index (χ2v) is 12.7. The topological polar surface area (TPSA) is 34.1 Å². The van der Waals surface area contributed by atoms with E-state index in [0.29, 0.717) is 6.54 Å². The maximum absolute atomic E-state index is 13.3. The number of thiazole rings is 1. The summed E-state index contributed by atoms with van der Waals surface area (Å²) in [5, 5.41) is 3.37. The first-order valence-corrected chi connectivity index (χ1v) is 11.3. The standard InChI is InChI=1S/C16H25FN2OSSi/c1-16(2,3)22(4,5)20-13(9-17)10-18-12-6-7-14-15(8-12)21-11-19-14/h6-8,11,13,18H,9-10H2,1-5H3. The molecule has 0 aliphatic carbocycles. The first kappa shape index (κ1) is 17.4. The Balaban J connectivity index is 1.98. The molecule has 0 saturated heterocycles. The van der Waals surface area contributed by atoms with E-state index in [4.69, 9.17) is 4.43 Å². The number of hydrogen-bond acceptors (Lipinski definition) is 4. The van der Waals surface area contributed by atoms with Crippen LogP contribution >= 0.6 is 11.3 Å². The van der Waals surface area contributed by atoms with Gasteiger partial charge in [-0.15, -0.1) is 11.3 Å². The number of alkyl halides is 1. The van der Waals surface area contributed by atoms with Crippen LogP contribution in [0, 0.1) is 0 Å². The fourth-order valence-electron chi connectivity index (χ4n) is 1.92. The van der Waals surface area contributed by atoms with Crippen LogP contribution < -0.4 is 5.32 Å². The number of fused-ring (bicyclic) bond motifs is 1. The molecule has 2 rings (SSSR count). The van der Waals surface area contributed by atoms with Crippen molar-refractivity contribution in [2.24, 2.45) is 0 Å². The van der Waals surface area contributed by atoms with Crippen molar-refractivity contribution in [1.29, 1.82) is 0 Å². The van der Waals surface area contributed by atoms with Gasteiger partial charge in [0.1, 0.15) is 6.67 Å². The largest absolute Gasteiger partial charge is 0.409 e. The number of hydrogen-bond donors (Lipinski definition) is 1. The van der Waals surface area contributed by atoms with Crippen LogP contribution in [0.25, 0.3) is 10.2 Å². The SMILES string of the molecule is CC(C)(C)[Si](C)(C)OC(CF)CNc1ccc2ncsc2c1. The first-order valence-electron chi connectivity index (χ1n) is 7.54. The molecule has 0 saturated carbocycles. The lowest BCUT2D eigenvalue weighted by molar-refractivity contribution is 0.158. The van der Waals surface area contributed by atoms with Crippen LogP contribution in [0.1, 0.15) is 20.8 Å². The van der Waals surface area contributed by atoms with Gasteiger partial charge in [-0.1, -0.05) is 20.8 Å². The van der Waals surface area contributed by atoms with Crippen LogP contribution in [0.4, 0.5) is 10.1 Å². The molecule has 1 aromatic carbocycles. The minimum Gasteiger partial charge on any atom is -0.409 e. The third-order valence-electron chi connectivity index (χ3n) is 4.30. The van der Waals surface area contributed by atoms with Crippen LogP contribution in [-0.4, -0.2) is 32.6 Å². The van der Waals surface area contributed by atoms with E-state index in [0.717, 1.165) is 15.9 Å². The lowest BCUT2D eigenvalue weighted by Gasteiger charge is -2.38. The quantitative estimate of drug-likeness (QED) is 0.746. The monoisotopic (exact) mass is 340 g/mol. The fourth-order valence-corrected chi connectivity index (χ4v) is 3.97. The zero-order valence-corrected chi connectivity index (χ0v) is 15.8. The van der Waals surface area contributed by atoms with E-state index in [1.54, 1.807) is 11.3 Å². The zero-order chi connectivity index (χ0) is 16.4. The van der Waals surface area contributed by atoms with E-state index in [1.807, 2.05) is 17.6 Å². The minimum atomic E-state index is -1.95. The van der Waals surface area contributed by atoms with Gasteiger partial charge in [-0.05, 0) is 36.3 Å². The van der Waals surface area contributed by atoms with Crippen molar-refractivity contribution in [3.05, 3.63) is 23.7 Å². The van der Waals surface area contributed by atoms with E-state index in [2.05, 4.69) is 50.2 Å². The van der Waals surface area contributed by atoms with Gasteiger partial charge in [0.2, 0.25) is 0 Å². The molecule has 22 heavy (non-hydrogen) atoms. The summed E-state index contributed by atoms with van der Waals surface area (Å²) in [7, 11) is -1.95. The fraction of sp³-hybridized carbons (Fsp3) is 0.562. The second kappa shape index (κ2) is 6.64. The third kappa shape index (κ3) is 4.06. The minimum absolute atomic E-state index is 0.0853. The molecule has 0 aliphatic rings. The van der Waals surface area contributed by atoms with Crippen molar-refractivity contribution in [2.75, 3.05) is 18.5 Å². The number of nitrogens with zero attached hydrogens (tertiary/aromatic N) is 1. The predicted octanol–water partition coefficient (Wildman–Crippen LogP) is 5.07.